The third-order valence-electron chi connectivity index (χ3n) is 4.11. The zero-order valence-corrected chi connectivity index (χ0v) is 14.8. The Morgan fingerprint density at radius 3 is 2.07 bits per heavy atom. The molecular formula is C19H17F6NO2. The van der Waals surface area contributed by atoms with E-state index in [1.54, 1.807) is 13.8 Å². The number of carboxylic acid groups (broad SMARTS) is 1. The van der Waals surface area contributed by atoms with Crippen molar-refractivity contribution in [2.24, 2.45) is 0 Å². The number of hydrogen-bond donors (Lipinski definition) is 2. The lowest BCUT2D eigenvalue weighted by Gasteiger charge is -2.22. The Labute approximate surface area is 157 Å². The third-order valence-corrected chi connectivity index (χ3v) is 4.11. The van der Waals surface area contributed by atoms with Gasteiger partial charge in [-0.05, 0) is 41.3 Å². The predicted molar refractivity (Wildman–Crippen MR) is 91.0 cm³/mol. The molecule has 0 aliphatic carbocycles. The first-order chi connectivity index (χ1) is 12.8. The number of carboxylic acids is 1. The summed E-state index contributed by atoms with van der Waals surface area (Å²) in [5, 5.41) is 11.6. The molecule has 0 aliphatic heterocycles. The largest absolute Gasteiger partial charge is 0.479 e. The van der Waals surface area contributed by atoms with Crippen LogP contribution < -0.4 is 5.32 Å². The van der Waals surface area contributed by atoms with Gasteiger partial charge < -0.3 is 10.4 Å². The van der Waals surface area contributed by atoms with Crippen molar-refractivity contribution in [1.29, 1.82) is 0 Å². The van der Waals surface area contributed by atoms with Crippen LogP contribution in [0.1, 0.15) is 48.1 Å². The Kier molecular flexibility index (Phi) is 5.96. The first-order valence-electron chi connectivity index (χ1n) is 8.18. The van der Waals surface area contributed by atoms with E-state index >= 15 is 0 Å². The van der Waals surface area contributed by atoms with Crippen LogP contribution in [0, 0.1) is 0 Å². The van der Waals surface area contributed by atoms with E-state index in [4.69, 9.17) is 0 Å². The Hall–Kier alpha value is -2.71. The summed E-state index contributed by atoms with van der Waals surface area (Å²) in [6, 6.07) is 5.06. The van der Waals surface area contributed by atoms with Gasteiger partial charge in [-0.15, -0.1) is 0 Å². The Morgan fingerprint density at radius 2 is 1.57 bits per heavy atom. The van der Waals surface area contributed by atoms with Gasteiger partial charge in [0, 0.05) is 5.69 Å². The van der Waals surface area contributed by atoms with E-state index in [9.17, 15) is 36.2 Å². The molecule has 152 valence electrons. The first-order valence-corrected chi connectivity index (χ1v) is 8.18. The Balaban J connectivity index is 2.50. The monoisotopic (exact) mass is 405 g/mol. The van der Waals surface area contributed by atoms with Crippen LogP contribution in [0.5, 0.6) is 0 Å². The lowest BCUT2D eigenvalue weighted by molar-refractivity contribution is -0.140. The van der Waals surface area contributed by atoms with E-state index in [2.05, 4.69) is 5.32 Å². The van der Waals surface area contributed by atoms with Crippen LogP contribution in [0.2, 0.25) is 0 Å². The lowest BCUT2D eigenvalue weighted by atomic mass is 9.98. The molecule has 0 bridgehead atoms. The molecule has 1 atom stereocenters. The molecule has 9 heteroatoms. The number of benzene rings is 2. The molecule has 2 aromatic rings. The van der Waals surface area contributed by atoms with Crippen molar-refractivity contribution in [2.45, 2.75) is 38.2 Å². The fourth-order valence-electron chi connectivity index (χ4n) is 2.62. The van der Waals surface area contributed by atoms with Gasteiger partial charge in [0.1, 0.15) is 0 Å². The van der Waals surface area contributed by atoms with Crippen LogP contribution in [0.15, 0.2) is 42.5 Å². The summed E-state index contributed by atoms with van der Waals surface area (Å²) in [5.41, 5.74) is -2.63. The van der Waals surface area contributed by atoms with Gasteiger partial charge in [0.05, 0.1) is 11.1 Å². The zero-order valence-electron chi connectivity index (χ0n) is 14.8. The van der Waals surface area contributed by atoms with Crippen LogP contribution in [0.4, 0.5) is 32.0 Å². The summed E-state index contributed by atoms with van der Waals surface area (Å²) in [6.45, 7) is 3.40. The summed E-state index contributed by atoms with van der Waals surface area (Å²) >= 11 is 0. The number of aliphatic carboxylic acids is 1. The molecule has 0 saturated carbocycles. The molecule has 0 radical (unpaired) electrons. The maximum Gasteiger partial charge on any atom is 0.418 e. The molecule has 2 N–H and O–H groups in total. The second-order valence-electron chi connectivity index (χ2n) is 6.50. The van der Waals surface area contributed by atoms with Gasteiger partial charge in [-0.25, -0.2) is 4.79 Å². The van der Waals surface area contributed by atoms with Crippen molar-refractivity contribution >= 4 is 11.7 Å². The summed E-state index contributed by atoms with van der Waals surface area (Å²) in [5.74, 6) is -1.81. The van der Waals surface area contributed by atoms with Gasteiger partial charge in [0.25, 0.3) is 0 Å². The predicted octanol–water partition coefficient (Wildman–Crippen LogP) is 6.09. The molecule has 0 aliphatic rings. The standard InChI is InChI=1S/C19H17F6NO2/c1-10(2)11-6-7-15(14(9-11)19(23,24)25)26-16(17(27)28)12-4-3-5-13(8-12)18(20,21)22/h3-10,16,26H,1-2H3,(H,27,28). The first kappa shape index (κ1) is 21.6. The fourth-order valence-corrected chi connectivity index (χ4v) is 2.62. The van der Waals surface area contributed by atoms with Crippen LogP contribution >= 0.6 is 0 Å². The molecule has 0 aromatic heterocycles. The quantitative estimate of drug-likeness (QED) is 0.593. The Morgan fingerprint density at radius 1 is 0.929 bits per heavy atom. The van der Waals surface area contributed by atoms with Crippen LogP contribution in [0.25, 0.3) is 0 Å². The molecule has 2 rings (SSSR count). The maximum absolute atomic E-state index is 13.4. The van der Waals surface area contributed by atoms with Gasteiger partial charge in [0.2, 0.25) is 0 Å². The number of carbonyl (C=O) groups is 1. The second-order valence-corrected chi connectivity index (χ2v) is 6.50. The zero-order chi connectivity index (χ0) is 21.3. The van der Waals surface area contributed by atoms with Crippen molar-refractivity contribution in [3.05, 3.63) is 64.7 Å². The fraction of sp³-hybridized carbons (Fsp3) is 0.316. The molecule has 28 heavy (non-hydrogen) atoms. The second kappa shape index (κ2) is 7.73. The van der Waals surface area contributed by atoms with Crippen molar-refractivity contribution in [3.63, 3.8) is 0 Å². The van der Waals surface area contributed by atoms with E-state index in [0.717, 1.165) is 30.3 Å². The molecule has 0 saturated heterocycles. The Bertz CT molecular complexity index is 858. The molecule has 0 fully saturated rings. The summed E-state index contributed by atoms with van der Waals surface area (Å²) in [7, 11) is 0. The average molecular weight is 405 g/mol. The van der Waals surface area contributed by atoms with E-state index in [-0.39, 0.29) is 11.5 Å². The average Bonchev–Trinajstić information content (AvgIpc) is 2.57. The van der Waals surface area contributed by atoms with E-state index < -0.39 is 41.2 Å². The van der Waals surface area contributed by atoms with Gasteiger partial charge in [-0.2, -0.15) is 26.3 Å². The summed E-state index contributed by atoms with van der Waals surface area (Å²) in [6.07, 6.45) is -9.49. The molecule has 2 aromatic carbocycles. The highest BCUT2D eigenvalue weighted by Crippen LogP contribution is 2.38. The number of nitrogens with one attached hydrogen (secondary N) is 1. The van der Waals surface area contributed by atoms with E-state index in [0.29, 0.717) is 11.6 Å². The van der Waals surface area contributed by atoms with Crippen molar-refractivity contribution in [1.82, 2.24) is 0 Å². The minimum atomic E-state index is -4.77. The topological polar surface area (TPSA) is 49.3 Å². The SMILES string of the molecule is CC(C)c1ccc(NC(C(=O)O)c2cccc(C(F)(F)F)c2)c(C(F)(F)F)c1. The van der Waals surface area contributed by atoms with Gasteiger partial charge >= 0.3 is 18.3 Å². The van der Waals surface area contributed by atoms with Gasteiger partial charge in [-0.3, -0.25) is 0 Å². The van der Waals surface area contributed by atoms with E-state index in [1.165, 1.54) is 6.07 Å². The summed E-state index contributed by atoms with van der Waals surface area (Å²) < 4.78 is 78.9. The smallest absolute Gasteiger partial charge is 0.418 e. The molecule has 0 spiro atoms. The normalized spacial score (nSPS) is 13.5. The highest BCUT2D eigenvalue weighted by Gasteiger charge is 2.36. The molecule has 1 unspecified atom stereocenters. The number of hydrogen-bond acceptors (Lipinski definition) is 2. The van der Waals surface area contributed by atoms with Crippen molar-refractivity contribution in [2.75, 3.05) is 5.32 Å². The molecular weight excluding hydrogens is 388 g/mol. The van der Waals surface area contributed by atoms with Gasteiger partial charge in [0.15, 0.2) is 6.04 Å². The number of halogens is 6. The molecule has 0 heterocycles. The minimum Gasteiger partial charge on any atom is -0.479 e. The highest BCUT2D eigenvalue weighted by atomic mass is 19.4. The maximum atomic E-state index is 13.4. The number of alkyl halides is 6. The minimum absolute atomic E-state index is 0.200. The third kappa shape index (κ3) is 4.96. The van der Waals surface area contributed by atoms with Crippen LogP contribution in [0.3, 0.4) is 0 Å². The summed E-state index contributed by atoms with van der Waals surface area (Å²) in [4.78, 5) is 11.6. The van der Waals surface area contributed by atoms with Crippen LogP contribution in [-0.4, -0.2) is 11.1 Å². The number of rotatable bonds is 5. The van der Waals surface area contributed by atoms with Crippen molar-refractivity contribution in [3.8, 4) is 0 Å². The molecule has 3 nitrogen and oxygen atoms in total. The number of anilines is 1. The highest BCUT2D eigenvalue weighted by molar-refractivity contribution is 5.80. The molecule has 0 amide bonds. The van der Waals surface area contributed by atoms with E-state index in [1.807, 2.05) is 0 Å². The lowest BCUT2D eigenvalue weighted by Crippen LogP contribution is -2.23. The van der Waals surface area contributed by atoms with Gasteiger partial charge in [-0.1, -0.05) is 32.0 Å². The van der Waals surface area contributed by atoms with Crippen LogP contribution in [-0.2, 0) is 17.1 Å². The van der Waals surface area contributed by atoms with Crippen molar-refractivity contribution < 1.29 is 36.2 Å².